The van der Waals surface area contributed by atoms with E-state index in [-0.39, 0.29) is 11.4 Å². The van der Waals surface area contributed by atoms with Crippen molar-refractivity contribution in [2.75, 3.05) is 5.73 Å². The lowest BCUT2D eigenvalue weighted by atomic mass is 10.1. The van der Waals surface area contributed by atoms with Gasteiger partial charge in [-0.25, -0.2) is 19.7 Å². The second kappa shape index (κ2) is 3.93. The molecule has 0 atom stereocenters. The molecule has 2 rings (SSSR count). The molecule has 6 nitrogen and oxygen atoms in total. The molecule has 80 valence electrons. The number of hydrogen-bond donors (Lipinski definition) is 2. The largest absolute Gasteiger partial charge is 0.478 e. The van der Waals surface area contributed by atoms with Crippen LogP contribution in [0, 0.1) is 0 Å². The van der Waals surface area contributed by atoms with Crippen molar-refractivity contribution in [3.8, 4) is 11.1 Å². The lowest BCUT2D eigenvalue weighted by Crippen LogP contribution is -2.03. The van der Waals surface area contributed by atoms with Gasteiger partial charge in [-0.2, -0.15) is 0 Å². The van der Waals surface area contributed by atoms with Crippen LogP contribution in [0.2, 0.25) is 0 Å². The Morgan fingerprint density at radius 1 is 1.25 bits per heavy atom. The third-order valence-electron chi connectivity index (χ3n) is 2.03. The van der Waals surface area contributed by atoms with E-state index >= 15 is 0 Å². The molecule has 0 saturated heterocycles. The normalized spacial score (nSPS) is 10.0. The van der Waals surface area contributed by atoms with Crippen molar-refractivity contribution in [2.24, 2.45) is 0 Å². The molecule has 0 aromatic carbocycles. The first-order valence-electron chi connectivity index (χ1n) is 4.42. The van der Waals surface area contributed by atoms with Gasteiger partial charge in [-0.3, -0.25) is 0 Å². The number of pyridine rings is 1. The summed E-state index contributed by atoms with van der Waals surface area (Å²) in [6, 6.07) is 1.31. The zero-order chi connectivity index (χ0) is 11.5. The number of carbonyl (C=O) groups is 1. The Morgan fingerprint density at radius 2 is 1.94 bits per heavy atom. The molecule has 0 aliphatic heterocycles. The molecule has 0 saturated carbocycles. The SMILES string of the molecule is Nc1cc(C(=O)O)c(-c2cncnc2)cn1. The predicted octanol–water partition coefficient (Wildman–Crippen LogP) is 0.819. The van der Waals surface area contributed by atoms with Crippen LogP contribution in [0.5, 0.6) is 0 Å². The Balaban J connectivity index is 2.61. The van der Waals surface area contributed by atoms with Gasteiger partial charge >= 0.3 is 5.97 Å². The number of aromatic carboxylic acids is 1. The fraction of sp³-hybridized carbons (Fsp3) is 0. The molecule has 0 amide bonds. The molecule has 0 radical (unpaired) electrons. The van der Waals surface area contributed by atoms with Crippen molar-refractivity contribution < 1.29 is 9.90 Å². The maximum absolute atomic E-state index is 11.0. The van der Waals surface area contributed by atoms with Crippen LogP contribution in [-0.2, 0) is 0 Å². The van der Waals surface area contributed by atoms with Gasteiger partial charge in [-0.1, -0.05) is 0 Å². The number of carboxylic acids is 1. The molecule has 0 aliphatic rings. The predicted molar refractivity (Wildman–Crippen MR) is 56.6 cm³/mol. The molecule has 0 aliphatic carbocycles. The molecular weight excluding hydrogens is 208 g/mol. The fourth-order valence-corrected chi connectivity index (χ4v) is 1.32. The van der Waals surface area contributed by atoms with Gasteiger partial charge in [0.1, 0.15) is 12.1 Å². The summed E-state index contributed by atoms with van der Waals surface area (Å²) in [7, 11) is 0. The number of anilines is 1. The van der Waals surface area contributed by atoms with Crippen LogP contribution < -0.4 is 5.73 Å². The zero-order valence-electron chi connectivity index (χ0n) is 8.16. The van der Waals surface area contributed by atoms with Crippen LogP contribution in [0.1, 0.15) is 10.4 Å². The summed E-state index contributed by atoms with van der Waals surface area (Å²) in [4.78, 5) is 22.5. The topological polar surface area (TPSA) is 102 Å². The van der Waals surface area contributed by atoms with E-state index in [9.17, 15) is 4.79 Å². The van der Waals surface area contributed by atoms with E-state index < -0.39 is 5.97 Å². The Hall–Kier alpha value is -2.50. The zero-order valence-corrected chi connectivity index (χ0v) is 8.16. The van der Waals surface area contributed by atoms with Gasteiger partial charge < -0.3 is 10.8 Å². The quantitative estimate of drug-likeness (QED) is 0.770. The van der Waals surface area contributed by atoms with E-state index in [1.54, 1.807) is 0 Å². The van der Waals surface area contributed by atoms with Crippen molar-refractivity contribution in [3.63, 3.8) is 0 Å². The maximum Gasteiger partial charge on any atom is 0.336 e. The van der Waals surface area contributed by atoms with Gasteiger partial charge in [-0.05, 0) is 6.07 Å². The van der Waals surface area contributed by atoms with Crippen molar-refractivity contribution in [1.29, 1.82) is 0 Å². The second-order valence-corrected chi connectivity index (χ2v) is 3.09. The van der Waals surface area contributed by atoms with E-state index in [1.165, 1.54) is 31.0 Å². The lowest BCUT2D eigenvalue weighted by Gasteiger charge is -2.05. The second-order valence-electron chi connectivity index (χ2n) is 3.09. The monoisotopic (exact) mass is 216 g/mol. The number of rotatable bonds is 2. The number of hydrogen-bond acceptors (Lipinski definition) is 5. The third kappa shape index (κ3) is 1.81. The minimum absolute atomic E-state index is 0.0855. The summed E-state index contributed by atoms with van der Waals surface area (Å²) >= 11 is 0. The first-order valence-corrected chi connectivity index (χ1v) is 4.42. The minimum Gasteiger partial charge on any atom is -0.478 e. The minimum atomic E-state index is -1.06. The number of aromatic nitrogens is 3. The first kappa shape index (κ1) is 10.0. The van der Waals surface area contributed by atoms with Crippen LogP contribution in [0.3, 0.4) is 0 Å². The lowest BCUT2D eigenvalue weighted by molar-refractivity contribution is 0.0697. The maximum atomic E-state index is 11.0. The molecule has 0 spiro atoms. The number of nitrogens with two attached hydrogens (primary N) is 1. The molecule has 16 heavy (non-hydrogen) atoms. The average Bonchev–Trinajstić information content (AvgIpc) is 2.30. The molecular formula is C10H8N4O2. The summed E-state index contributed by atoms with van der Waals surface area (Å²) in [5.74, 6) is -0.897. The smallest absolute Gasteiger partial charge is 0.336 e. The highest BCUT2D eigenvalue weighted by molar-refractivity contribution is 5.96. The summed E-state index contributed by atoms with van der Waals surface area (Å²) in [5, 5.41) is 9.03. The van der Waals surface area contributed by atoms with E-state index in [0.29, 0.717) is 11.1 Å². The highest BCUT2D eigenvalue weighted by atomic mass is 16.4. The van der Waals surface area contributed by atoms with Crippen LogP contribution >= 0.6 is 0 Å². The van der Waals surface area contributed by atoms with Crippen LogP contribution in [0.4, 0.5) is 5.82 Å². The highest BCUT2D eigenvalue weighted by Gasteiger charge is 2.13. The van der Waals surface area contributed by atoms with Gasteiger partial charge in [0.15, 0.2) is 0 Å². The van der Waals surface area contributed by atoms with Gasteiger partial charge in [0.05, 0.1) is 5.56 Å². The van der Waals surface area contributed by atoms with E-state index in [1.807, 2.05) is 0 Å². The summed E-state index contributed by atoms with van der Waals surface area (Å²) in [6.07, 6.45) is 5.81. The summed E-state index contributed by atoms with van der Waals surface area (Å²) < 4.78 is 0. The molecule has 2 heterocycles. The Kier molecular flexibility index (Phi) is 2.47. The van der Waals surface area contributed by atoms with Crippen LogP contribution in [-0.4, -0.2) is 26.0 Å². The van der Waals surface area contributed by atoms with Gasteiger partial charge in [0, 0.05) is 29.7 Å². The van der Waals surface area contributed by atoms with E-state index in [2.05, 4.69) is 15.0 Å². The average molecular weight is 216 g/mol. The molecule has 2 aromatic heterocycles. The summed E-state index contributed by atoms with van der Waals surface area (Å²) in [5.41, 5.74) is 6.56. The van der Waals surface area contributed by atoms with Gasteiger partial charge in [0.2, 0.25) is 0 Å². The van der Waals surface area contributed by atoms with Crippen molar-refractivity contribution in [2.45, 2.75) is 0 Å². The Labute approximate surface area is 90.8 Å². The molecule has 2 aromatic rings. The van der Waals surface area contributed by atoms with E-state index in [0.717, 1.165) is 0 Å². The molecule has 0 unspecified atom stereocenters. The van der Waals surface area contributed by atoms with Crippen molar-refractivity contribution >= 4 is 11.8 Å². The molecule has 3 N–H and O–H groups in total. The highest BCUT2D eigenvalue weighted by Crippen LogP contribution is 2.22. The van der Waals surface area contributed by atoms with Gasteiger partial charge in [0.25, 0.3) is 0 Å². The molecule has 6 heteroatoms. The standard InChI is InChI=1S/C10H8N4O2/c11-9-1-7(10(15)16)8(4-14-9)6-2-12-5-13-3-6/h1-5H,(H2,11,14)(H,15,16). The van der Waals surface area contributed by atoms with Crippen LogP contribution in [0.15, 0.2) is 31.0 Å². The number of nitrogens with zero attached hydrogens (tertiary/aromatic N) is 3. The Morgan fingerprint density at radius 3 is 2.56 bits per heavy atom. The van der Waals surface area contributed by atoms with Crippen molar-refractivity contribution in [1.82, 2.24) is 15.0 Å². The summed E-state index contributed by atoms with van der Waals surface area (Å²) in [6.45, 7) is 0. The van der Waals surface area contributed by atoms with E-state index in [4.69, 9.17) is 10.8 Å². The third-order valence-corrected chi connectivity index (χ3v) is 2.03. The van der Waals surface area contributed by atoms with Gasteiger partial charge in [-0.15, -0.1) is 0 Å². The number of nitrogen functional groups attached to an aromatic ring is 1. The molecule has 0 fully saturated rings. The Bertz CT molecular complexity index is 528. The number of carboxylic acid groups (broad SMARTS) is 1. The molecule has 0 bridgehead atoms. The fourth-order valence-electron chi connectivity index (χ4n) is 1.32. The first-order chi connectivity index (χ1) is 7.68. The van der Waals surface area contributed by atoms with Crippen LogP contribution in [0.25, 0.3) is 11.1 Å². The van der Waals surface area contributed by atoms with Crippen molar-refractivity contribution in [3.05, 3.63) is 36.5 Å².